The van der Waals surface area contributed by atoms with Gasteiger partial charge in [-0.15, -0.1) is 0 Å². The Bertz CT molecular complexity index is 789. The molecule has 1 N–H and O–H groups in total. The van der Waals surface area contributed by atoms with Crippen molar-refractivity contribution in [3.63, 3.8) is 0 Å². The van der Waals surface area contributed by atoms with Crippen molar-refractivity contribution >= 4 is 16.9 Å². The van der Waals surface area contributed by atoms with Crippen LogP contribution >= 0.6 is 0 Å². The first-order valence-corrected chi connectivity index (χ1v) is 6.94. The Morgan fingerprint density at radius 3 is 2.95 bits per heavy atom. The zero-order valence-electron chi connectivity index (χ0n) is 12.3. The van der Waals surface area contributed by atoms with E-state index in [0.29, 0.717) is 17.8 Å². The van der Waals surface area contributed by atoms with Gasteiger partial charge in [-0.25, -0.2) is 4.79 Å². The zero-order valence-corrected chi connectivity index (χ0v) is 12.3. The fraction of sp³-hybridized carbons (Fsp3) is 0.375. The van der Waals surface area contributed by atoms with E-state index >= 15 is 0 Å². The van der Waals surface area contributed by atoms with E-state index in [1.807, 2.05) is 6.07 Å². The summed E-state index contributed by atoms with van der Waals surface area (Å²) in [5.41, 5.74) is -0.387. The number of hydrogen-bond acceptors (Lipinski definition) is 6. The van der Waals surface area contributed by atoms with Crippen LogP contribution in [0.15, 0.2) is 33.5 Å². The zero-order chi connectivity index (χ0) is 15.9. The fourth-order valence-electron chi connectivity index (χ4n) is 2.50. The molecule has 0 aliphatic carbocycles. The number of hydrogen-bond donors (Lipinski definition) is 1. The maximum Gasteiger partial charge on any atom is 0.336 e. The summed E-state index contributed by atoms with van der Waals surface area (Å²) in [5.74, 6) is 0.109. The van der Waals surface area contributed by atoms with E-state index in [2.05, 4.69) is 0 Å². The molecule has 1 aromatic heterocycles. The summed E-state index contributed by atoms with van der Waals surface area (Å²) in [6.07, 6.45) is -0.0519. The van der Waals surface area contributed by atoms with E-state index in [1.54, 1.807) is 19.1 Å². The lowest BCUT2D eigenvalue weighted by Crippen LogP contribution is -2.46. The van der Waals surface area contributed by atoms with Crippen molar-refractivity contribution in [2.45, 2.75) is 32.0 Å². The molecule has 0 amide bonds. The first kappa shape index (κ1) is 14.6. The normalized spacial score (nSPS) is 19.3. The lowest BCUT2D eigenvalue weighted by molar-refractivity contribution is -0.153. The maximum atomic E-state index is 11.3. The molecule has 0 spiro atoms. The van der Waals surface area contributed by atoms with Crippen molar-refractivity contribution in [3.8, 4) is 5.75 Å². The Labute approximate surface area is 126 Å². The fourth-order valence-corrected chi connectivity index (χ4v) is 2.50. The highest BCUT2D eigenvalue weighted by Gasteiger charge is 2.39. The predicted molar refractivity (Wildman–Crippen MR) is 77.9 cm³/mol. The van der Waals surface area contributed by atoms with Crippen molar-refractivity contribution < 1.29 is 23.8 Å². The molecule has 0 bridgehead atoms. The average molecular weight is 304 g/mol. The maximum absolute atomic E-state index is 11.3. The quantitative estimate of drug-likeness (QED) is 0.681. The van der Waals surface area contributed by atoms with Gasteiger partial charge in [-0.1, -0.05) is 0 Å². The number of carbonyl (C=O) groups is 1. The smallest absolute Gasteiger partial charge is 0.336 e. The summed E-state index contributed by atoms with van der Waals surface area (Å²) < 4.78 is 15.8. The van der Waals surface area contributed by atoms with Gasteiger partial charge < -0.3 is 19.0 Å². The molecule has 0 fully saturated rings. The summed E-state index contributed by atoms with van der Waals surface area (Å²) in [4.78, 5) is 22.2. The third-order valence-electron chi connectivity index (χ3n) is 3.74. The van der Waals surface area contributed by atoms with E-state index in [4.69, 9.17) is 13.9 Å². The summed E-state index contributed by atoms with van der Waals surface area (Å²) >= 11 is 0. The van der Waals surface area contributed by atoms with E-state index in [-0.39, 0.29) is 6.61 Å². The van der Waals surface area contributed by atoms with Crippen LogP contribution in [-0.4, -0.2) is 29.4 Å². The van der Waals surface area contributed by atoms with Crippen LogP contribution in [-0.2, 0) is 16.0 Å². The van der Waals surface area contributed by atoms with E-state index in [0.717, 1.165) is 10.9 Å². The Balaban J connectivity index is 1.87. The Morgan fingerprint density at radius 1 is 1.45 bits per heavy atom. The van der Waals surface area contributed by atoms with Crippen LogP contribution in [0.2, 0.25) is 0 Å². The van der Waals surface area contributed by atoms with Gasteiger partial charge in [0.2, 0.25) is 0 Å². The molecule has 6 heteroatoms. The number of aliphatic hydroxyl groups is 1. The number of carbonyl (C=O) groups excluding carboxylic acids is 1. The molecule has 0 saturated carbocycles. The summed E-state index contributed by atoms with van der Waals surface area (Å²) in [6, 6.07) is 6.56. The standard InChI is InChI=1S/C16H16O6/c1-9(17)20-8-16(2,19)14-6-11-5-10-3-4-15(18)22-12(10)7-13(11)21-14/h3-5,7,14,19H,6,8H2,1-2H3. The second-order valence-electron chi connectivity index (χ2n) is 5.70. The predicted octanol–water partition coefficient (Wildman–Crippen LogP) is 1.41. The molecule has 1 aromatic carbocycles. The van der Waals surface area contributed by atoms with Gasteiger partial charge in [0.05, 0.1) is 0 Å². The molecule has 116 valence electrons. The van der Waals surface area contributed by atoms with Crippen LogP contribution < -0.4 is 10.4 Å². The van der Waals surface area contributed by atoms with Crippen LogP contribution in [0.5, 0.6) is 5.75 Å². The molecular weight excluding hydrogens is 288 g/mol. The molecule has 2 unspecified atom stereocenters. The number of ether oxygens (including phenoxy) is 2. The minimum Gasteiger partial charge on any atom is -0.487 e. The highest BCUT2D eigenvalue weighted by molar-refractivity contribution is 5.79. The first-order valence-electron chi connectivity index (χ1n) is 6.94. The Hall–Kier alpha value is -2.34. The lowest BCUT2D eigenvalue weighted by Gasteiger charge is -2.28. The Kier molecular flexibility index (Phi) is 3.41. The monoisotopic (exact) mass is 304 g/mol. The molecule has 2 atom stereocenters. The van der Waals surface area contributed by atoms with Crippen molar-refractivity contribution in [1.29, 1.82) is 0 Å². The molecule has 2 heterocycles. The van der Waals surface area contributed by atoms with Crippen LogP contribution in [0.3, 0.4) is 0 Å². The highest BCUT2D eigenvalue weighted by atomic mass is 16.6. The first-order chi connectivity index (χ1) is 10.3. The van der Waals surface area contributed by atoms with Gasteiger partial charge in [-0.2, -0.15) is 0 Å². The van der Waals surface area contributed by atoms with Crippen LogP contribution in [0.25, 0.3) is 11.0 Å². The largest absolute Gasteiger partial charge is 0.487 e. The van der Waals surface area contributed by atoms with Gasteiger partial charge in [0.25, 0.3) is 0 Å². The van der Waals surface area contributed by atoms with E-state index < -0.39 is 23.3 Å². The lowest BCUT2D eigenvalue weighted by atomic mass is 9.95. The minimum atomic E-state index is -1.31. The van der Waals surface area contributed by atoms with Crippen LogP contribution in [0.4, 0.5) is 0 Å². The number of benzene rings is 1. The van der Waals surface area contributed by atoms with E-state index in [1.165, 1.54) is 13.0 Å². The highest BCUT2D eigenvalue weighted by Crippen LogP contribution is 2.36. The van der Waals surface area contributed by atoms with Gasteiger partial charge in [0, 0.05) is 30.9 Å². The second kappa shape index (κ2) is 5.14. The van der Waals surface area contributed by atoms with Crippen molar-refractivity contribution in [3.05, 3.63) is 40.2 Å². The number of fused-ring (bicyclic) bond motifs is 2. The van der Waals surface area contributed by atoms with Gasteiger partial charge >= 0.3 is 11.6 Å². The minimum absolute atomic E-state index is 0.143. The summed E-state index contributed by atoms with van der Waals surface area (Å²) in [5, 5.41) is 11.2. The Morgan fingerprint density at radius 2 is 2.23 bits per heavy atom. The topological polar surface area (TPSA) is 86.0 Å². The molecule has 2 aromatic rings. The van der Waals surface area contributed by atoms with Crippen molar-refractivity contribution in [2.24, 2.45) is 0 Å². The molecule has 22 heavy (non-hydrogen) atoms. The SMILES string of the molecule is CC(=O)OCC(C)(O)C1Cc2cc3ccc(=O)oc3cc2O1. The third-order valence-corrected chi connectivity index (χ3v) is 3.74. The summed E-state index contributed by atoms with van der Waals surface area (Å²) in [6.45, 7) is 2.71. The molecule has 0 radical (unpaired) electrons. The number of esters is 1. The molecule has 0 saturated heterocycles. The molecular formula is C16H16O6. The van der Waals surface area contributed by atoms with Gasteiger partial charge in [0.15, 0.2) is 0 Å². The van der Waals surface area contributed by atoms with Crippen molar-refractivity contribution in [1.82, 2.24) is 0 Å². The molecule has 1 aliphatic rings. The van der Waals surface area contributed by atoms with Gasteiger partial charge in [-0.05, 0) is 24.6 Å². The summed E-state index contributed by atoms with van der Waals surface area (Å²) in [7, 11) is 0. The van der Waals surface area contributed by atoms with Gasteiger partial charge in [-0.3, -0.25) is 4.79 Å². The number of rotatable bonds is 3. The van der Waals surface area contributed by atoms with Crippen LogP contribution in [0.1, 0.15) is 19.4 Å². The third kappa shape index (κ3) is 2.69. The van der Waals surface area contributed by atoms with Crippen molar-refractivity contribution in [2.75, 3.05) is 6.61 Å². The molecule has 6 nitrogen and oxygen atoms in total. The molecule has 3 rings (SSSR count). The average Bonchev–Trinajstić information content (AvgIpc) is 2.86. The van der Waals surface area contributed by atoms with Gasteiger partial charge in [0.1, 0.15) is 29.6 Å². The molecule has 1 aliphatic heterocycles. The van der Waals surface area contributed by atoms with Crippen LogP contribution in [0, 0.1) is 0 Å². The second-order valence-corrected chi connectivity index (χ2v) is 5.70. The van der Waals surface area contributed by atoms with E-state index in [9.17, 15) is 14.7 Å².